The van der Waals surface area contributed by atoms with Crippen LogP contribution < -0.4 is 20.0 Å². The van der Waals surface area contributed by atoms with Gasteiger partial charge in [0.15, 0.2) is 0 Å². The summed E-state index contributed by atoms with van der Waals surface area (Å²) >= 11 is 2.06. The first-order chi connectivity index (χ1) is 29.2. The van der Waals surface area contributed by atoms with Gasteiger partial charge in [-0.25, -0.2) is 0 Å². The molecular weight excluding hydrogens is 780 g/mol. The van der Waals surface area contributed by atoms with Crippen LogP contribution in [0.25, 0.3) is 10.1 Å². The molecule has 1 saturated carbocycles. The summed E-state index contributed by atoms with van der Waals surface area (Å²) < 4.78 is 2.89. The minimum Gasteiger partial charge on any atom is -0.312 e. The molecule has 2 atom stereocenters. The molecule has 0 amide bonds. The van der Waals surface area contributed by atoms with Crippen LogP contribution in [0.3, 0.4) is 0 Å². The molecule has 5 aliphatic rings. The number of allylic oxidation sites excluding steroid dienone is 3. The Hall–Kier alpha value is -4.02. The molecule has 3 aliphatic carbocycles. The second-order valence-electron chi connectivity index (χ2n) is 25.4. The Morgan fingerprint density at radius 3 is 1.92 bits per heavy atom. The molecule has 63 heavy (non-hydrogen) atoms. The Balaban J connectivity index is 1.37. The maximum absolute atomic E-state index is 2.78. The zero-order chi connectivity index (χ0) is 45.3. The molecule has 1 fully saturated rings. The van der Waals surface area contributed by atoms with Crippen molar-refractivity contribution in [3.05, 3.63) is 123 Å². The van der Waals surface area contributed by atoms with E-state index in [0.29, 0.717) is 11.8 Å². The van der Waals surface area contributed by atoms with Gasteiger partial charge in [-0.15, -0.1) is 11.3 Å². The zero-order valence-electron chi connectivity index (χ0n) is 41.8. The second-order valence-corrected chi connectivity index (χ2v) is 26.5. The van der Waals surface area contributed by atoms with Gasteiger partial charge < -0.3 is 9.80 Å². The van der Waals surface area contributed by atoms with Crippen LogP contribution in [-0.4, -0.2) is 6.71 Å². The molecule has 0 bridgehead atoms. The van der Waals surface area contributed by atoms with E-state index in [9.17, 15) is 0 Å². The molecule has 0 N–H and O–H groups in total. The largest absolute Gasteiger partial charge is 0.312 e. The predicted octanol–water partition coefficient (Wildman–Crippen LogP) is 15.8. The van der Waals surface area contributed by atoms with E-state index in [2.05, 4.69) is 212 Å². The van der Waals surface area contributed by atoms with Crippen LogP contribution in [-0.2, 0) is 21.7 Å². The number of hydrogen-bond donors (Lipinski definition) is 0. The van der Waals surface area contributed by atoms with Crippen molar-refractivity contribution in [3.63, 3.8) is 0 Å². The number of aryl methyl sites for hydroxylation is 2. The van der Waals surface area contributed by atoms with Gasteiger partial charge in [0.25, 0.3) is 6.71 Å². The van der Waals surface area contributed by atoms with E-state index in [1.807, 2.05) is 0 Å². The Morgan fingerprint density at radius 2 is 1.27 bits per heavy atom. The van der Waals surface area contributed by atoms with Crippen molar-refractivity contribution in [3.8, 4) is 0 Å². The highest BCUT2D eigenvalue weighted by Crippen LogP contribution is 2.61. The Bertz CT molecular complexity index is 2820. The van der Waals surface area contributed by atoms with Gasteiger partial charge in [0.2, 0.25) is 0 Å². The molecule has 2 nitrogen and oxygen atoms in total. The molecular formula is C59H73BN2S. The molecule has 5 aromatic rings. The third-order valence-electron chi connectivity index (χ3n) is 17.0. The molecule has 0 saturated heterocycles. The Labute approximate surface area is 385 Å². The molecule has 1 aromatic heterocycles. The van der Waals surface area contributed by atoms with Gasteiger partial charge in [-0.1, -0.05) is 145 Å². The van der Waals surface area contributed by atoms with Crippen molar-refractivity contribution in [2.24, 2.45) is 22.7 Å². The number of hydrogen-bond acceptors (Lipinski definition) is 3. The number of rotatable bonds is 2. The van der Waals surface area contributed by atoms with E-state index in [1.54, 1.807) is 11.0 Å². The van der Waals surface area contributed by atoms with Gasteiger partial charge in [-0.05, 0) is 166 Å². The third-order valence-corrected chi connectivity index (χ3v) is 18.2. The van der Waals surface area contributed by atoms with Gasteiger partial charge in [0, 0.05) is 43.3 Å². The number of thiophene rings is 1. The van der Waals surface area contributed by atoms with Crippen molar-refractivity contribution in [2.75, 3.05) is 9.80 Å². The van der Waals surface area contributed by atoms with Gasteiger partial charge >= 0.3 is 0 Å². The summed E-state index contributed by atoms with van der Waals surface area (Å²) in [6, 6.07) is 27.4. The fourth-order valence-electron chi connectivity index (χ4n) is 12.9. The van der Waals surface area contributed by atoms with Crippen LogP contribution in [0.4, 0.5) is 28.4 Å². The first-order valence-corrected chi connectivity index (χ1v) is 25.1. The quantitative estimate of drug-likeness (QED) is 0.163. The van der Waals surface area contributed by atoms with Crippen LogP contribution in [0.2, 0.25) is 0 Å². The Morgan fingerprint density at radius 1 is 0.635 bits per heavy atom. The summed E-state index contributed by atoms with van der Waals surface area (Å²) in [6.07, 6.45) is 7.64. The molecule has 0 spiro atoms. The molecule has 2 aliphatic heterocycles. The first kappa shape index (κ1) is 42.9. The predicted molar refractivity (Wildman–Crippen MR) is 277 cm³/mol. The summed E-state index contributed by atoms with van der Waals surface area (Å²) in [6.45, 7) is 41.8. The maximum atomic E-state index is 2.78. The SMILES string of the molecule is Cc1ccc2sc3c(c2c1)N(c1ccc(C(C)(C)C)cc1C)c1cc(C(C)(C)C)cc2c1B3C1=C(C=C3C(C1C)C(C)(C)CCC3(C)C)N2c1ccc2c(c1)C(C)(C)CCC2(C)C. The lowest BCUT2D eigenvalue weighted by Crippen LogP contribution is -2.58. The maximum Gasteiger partial charge on any atom is 0.260 e. The number of nitrogens with zero attached hydrogens (tertiary/aromatic N) is 2. The normalized spacial score (nSPS) is 22.9. The van der Waals surface area contributed by atoms with Gasteiger partial charge in [0.1, 0.15) is 0 Å². The van der Waals surface area contributed by atoms with E-state index in [4.69, 9.17) is 0 Å². The standard InChI is InChI=1S/C59H73BN2S/c1-34-18-23-48-40(28-34)52-53(63-48)60-50-36(3)49-43(58(14,15)26-27-59(49,16)17)33-47(50)61(39-20-21-41-42(32-39)57(12,13)25-24-56(41,10)11)45-30-38(55(7,8)9)31-46(51(45)60)62(52)44-22-19-37(29-35(44)2)54(4,5)6/h18-23,28-33,36,49H,24-27H2,1-17H3. The average molecular weight is 853 g/mol. The lowest BCUT2D eigenvalue weighted by Gasteiger charge is -2.56. The van der Waals surface area contributed by atoms with E-state index in [-0.39, 0.29) is 39.2 Å². The van der Waals surface area contributed by atoms with Crippen molar-refractivity contribution in [1.82, 2.24) is 0 Å². The summed E-state index contributed by atoms with van der Waals surface area (Å²) in [5.41, 5.74) is 21.9. The second kappa shape index (κ2) is 13.5. The van der Waals surface area contributed by atoms with E-state index < -0.39 is 0 Å². The number of fused-ring (bicyclic) bond motifs is 7. The van der Waals surface area contributed by atoms with Gasteiger partial charge in [0.05, 0.1) is 5.69 Å². The lowest BCUT2D eigenvalue weighted by atomic mass is 9.31. The van der Waals surface area contributed by atoms with Crippen molar-refractivity contribution in [1.29, 1.82) is 0 Å². The lowest BCUT2D eigenvalue weighted by molar-refractivity contribution is 0.0950. The van der Waals surface area contributed by atoms with E-state index >= 15 is 0 Å². The van der Waals surface area contributed by atoms with E-state index in [1.165, 1.54) is 114 Å². The first-order valence-electron chi connectivity index (χ1n) is 24.3. The third kappa shape index (κ3) is 6.36. The molecule has 328 valence electrons. The summed E-state index contributed by atoms with van der Waals surface area (Å²) in [7, 11) is 0. The van der Waals surface area contributed by atoms with Crippen LogP contribution in [0.1, 0.15) is 163 Å². The molecule has 4 heteroatoms. The molecule has 10 rings (SSSR count). The molecule has 2 unspecified atom stereocenters. The van der Waals surface area contributed by atoms with Crippen molar-refractivity contribution >= 4 is 66.8 Å². The minimum absolute atomic E-state index is 0.0614. The van der Waals surface area contributed by atoms with Crippen LogP contribution in [0, 0.1) is 36.5 Å². The highest BCUT2D eigenvalue weighted by molar-refractivity contribution is 7.32. The number of benzene rings is 4. The van der Waals surface area contributed by atoms with Crippen molar-refractivity contribution < 1.29 is 0 Å². The Kier molecular flexibility index (Phi) is 9.21. The topological polar surface area (TPSA) is 6.48 Å². The fraction of sp³-hybridized carbons (Fsp3) is 0.492. The molecule has 0 radical (unpaired) electrons. The van der Waals surface area contributed by atoms with Crippen LogP contribution in [0.5, 0.6) is 0 Å². The van der Waals surface area contributed by atoms with Gasteiger partial charge in [-0.2, -0.15) is 0 Å². The highest BCUT2D eigenvalue weighted by atomic mass is 32.1. The number of anilines is 5. The summed E-state index contributed by atoms with van der Waals surface area (Å²) in [5.74, 6) is 0.826. The summed E-state index contributed by atoms with van der Waals surface area (Å²) in [4.78, 5) is 5.51. The smallest absolute Gasteiger partial charge is 0.260 e. The molecule has 3 heterocycles. The van der Waals surface area contributed by atoms with Crippen LogP contribution in [0.15, 0.2) is 89.5 Å². The monoisotopic (exact) mass is 853 g/mol. The minimum atomic E-state index is -0.0770. The van der Waals surface area contributed by atoms with Gasteiger partial charge in [-0.3, -0.25) is 0 Å². The fourth-order valence-corrected chi connectivity index (χ4v) is 14.2. The van der Waals surface area contributed by atoms with E-state index in [0.717, 1.165) is 0 Å². The van der Waals surface area contributed by atoms with Crippen molar-refractivity contribution in [2.45, 2.75) is 165 Å². The highest BCUT2D eigenvalue weighted by Gasteiger charge is 2.55. The average Bonchev–Trinajstić information content (AvgIpc) is 3.56. The molecule has 4 aromatic carbocycles. The zero-order valence-corrected chi connectivity index (χ0v) is 42.6. The van der Waals surface area contributed by atoms with Crippen LogP contribution >= 0.6 is 11.3 Å². The summed E-state index contributed by atoms with van der Waals surface area (Å²) in [5, 5.41) is 1.38.